The van der Waals surface area contributed by atoms with Gasteiger partial charge in [0.2, 0.25) is 11.9 Å². The van der Waals surface area contributed by atoms with Crippen molar-refractivity contribution in [3.05, 3.63) is 73.3 Å². The summed E-state index contributed by atoms with van der Waals surface area (Å²) >= 11 is 0. The van der Waals surface area contributed by atoms with Crippen molar-refractivity contribution in [2.24, 2.45) is 0 Å². The van der Waals surface area contributed by atoms with Crippen molar-refractivity contribution < 1.29 is 9.53 Å². The van der Waals surface area contributed by atoms with Gasteiger partial charge in [-0.2, -0.15) is 0 Å². The van der Waals surface area contributed by atoms with Crippen LogP contribution in [0.3, 0.4) is 0 Å². The number of H-pyrrole nitrogens is 1. The highest BCUT2D eigenvalue weighted by molar-refractivity contribution is 6.02. The molecule has 0 spiro atoms. The van der Waals surface area contributed by atoms with Gasteiger partial charge in [0, 0.05) is 68.5 Å². The molecule has 226 valence electrons. The maximum Gasteiger partial charge on any atom is 0.247 e. The van der Waals surface area contributed by atoms with E-state index < -0.39 is 0 Å². The summed E-state index contributed by atoms with van der Waals surface area (Å²) in [6.07, 6.45) is 10.9. The first-order chi connectivity index (χ1) is 21.4. The second kappa shape index (κ2) is 12.2. The molecule has 1 aliphatic rings. The molecule has 1 aliphatic heterocycles. The molecule has 0 saturated carbocycles. The van der Waals surface area contributed by atoms with E-state index in [1.54, 1.807) is 25.7 Å². The number of aromatic nitrogens is 5. The van der Waals surface area contributed by atoms with E-state index in [1.807, 2.05) is 33.3 Å². The Morgan fingerprint density at radius 2 is 2.02 bits per heavy atom. The van der Waals surface area contributed by atoms with E-state index in [2.05, 4.69) is 70.9 Å². The predicted octanol–water partition coefficient (Wildman–Crippen LogP) is 5.31. The van der Waals surface area contributed by atoms with E-state index in [0.29, 0.717) is 28.9 Å². The van der Waals surface area contributed by atoms with Crippen LogP contribution < -0.4 is 20.3 Å². The normalized spacial score (nSPS) is 12.4. The lowest BCUT2D eigenvalue weighted by Crippen LogP contribution is -2.29. The summed E-state index contributed by atoms with van der Waals surface area (Å²) in [6, 6.07) is 10.2. The summed E-state index contributed by atoms with van der Waals surface area (Å²) < 4.78 is 8.13. The SMILES string of the molecule is C=CC(=O)Nc1cc(Nc2ncc(-c3ncc[nH]3)c(-c3cn4c5c(cccc35)CCC4)n2)c(OC)cc1N(C)CCN(C)C. The molecule has 11 heteroatoms. The second-order valence-electron chi connectivity index (χ2n) is 11.2. The van der Waals surface area contributed by atoms with Gasteiger partial charge in [-0.15, -0.1) is 0 Å². The van der Waals surface area contributed by atoms with Gasteiger partial charge in [0.15, 0.2) is 0 Å². The molecule has 3 aromatic heterocycles. The fraction of sp³-hybridized carbons (Fsp3) is 0.273. The Bertz CT molecular complexity index is 1830. The van der Waals surface area contributed by atoms with Crippen molar-refractivity contribution in [2.75, 3.05) is 56.9 Å². The van der Waals surface area contributed by atoms with Gasteiger partial charge in [0.05, 0.1) is 40.9 Å². The summed E-state index contributed by atoms with van der Waals surface area (Å²) in [6.45, 7) is 6.17. The Kier molecular flexibility index (Phi) is 8.03. The van der Waals surface area contributed by atoms with Crippen molar-refractivity contribution in [1.29, 1.82) is 0 Å². The number of benzene rings is 2. The molecule has 1 amide bonds. The number of imidazole rings is 1. The molecule has 6 rings (SSSR count). The highest BCUT2D eigenvalue weighted by atomic mass is 16.5. The maximum atomic E-state index is 12.4. The summed E-state index contributed by atoms with van der Waals surface area (Å²) in [5.41, 5.74) is 7.22. The third-order valence-corrected chi connectivity index (χ3v) is 7.93. The van der Waals surface area contributed by atoms with Gasteiger partial charge in [0.1, 0.15) is 11.6 Å². The smallest absolute Gasteiger partial charge is 0.247 e. The topological polar surface area (TPSA) is 116 Å². The number of carbonyl (C=O) groups excluding carboxylic acids is 1. The van der Waals surface area contributed by atoms with Crippen LogP contribution >= 0.6 is 0 Å². The Morgan fingerprint density at radius 1 is 1.16 bits per heavy atom. The number of likely N-dealkylation sites (N-methyl/N-ethyl adjacent to an activating group) is 2. The number of nitrogens with one attached hydrogen (secondary N) is 3. The van der Waals surface area contributed by atoms with Crippen LogP contribution in [-0.4, -0.2) is 76.7 Å². The van der Waals surface area contributed by atoms with E-state index in [4.69, 9.17) is 9.72 Å². The average Bonchev–Trinajstić information content (AvgIpc) is 3.70. The molecule has 0 fully saturated rings. The lowest BCUT2D eigenvalue weighted by atomic mass is 10.0. The zero-order chi connectivity index (χ0) is 30.8. The number of aryl methyl sites for hydroxylation is 2. The van der Waals surface area contributed by atoms with E-state index in [0.717, 1.165) is 60.4 Å². The number of hydrogen-bond acceptors (Lipinski definition) is 8. The second-order valence-corrected chi connectivity index (χ2v) is 11.2. The largest absolute Gasteiger partial charge is 0.494 e. The van der Waals surface area contributed by atoms with Gasteiger partial charge in [-0.3, -0.25) is 4.79 Å². The van der Waals surface area contributed by atoms with Crippen LogP contribution in [0.4, 0.5) is 23.0 Å². The summed E-state index contributed by atoms with van der Waals surface area (Å²) in [7, 11) is 7.65. The molecule has 0 aliphatic carbocycles. The van der Waals surface area contributed by atoms with Crippen molar-refractivity contribution in [2.45, 2.75) is 19.4 Å². The molecule has 0 bridgehead atoms. The van der Waals surface area contributed by atoms with Crippen LogP contribution in [-0.2, 0) is 17.8 Å². The van der Waals surface area contributed by atoms with Crippen molar-refractivity contribution >= 4 is 39.8 Å². The van der Waals surface area contributed by atoms with E-state index in [1.165, 1.54) is 17.2 Å². The number of anilines is 4. The van der Waals surface area contributed by atoms with Crippen molar-refractivity contribution in [1.82, 2.24) is 29.4 Å². The third-order valence-electron chi connectivity index (χ3n) is 7.93. The number of nitrogens with zero attached hydrogens (tertiary/aromatic N) is 6. The van der Waals surface area contributed by atoms with Crippen molar-refractivity contribution in [3.63, 3.8) is 0 Å². The minimum atomic E-state index is -0.308. The summed E-state index contributed by atoms with van der Waals surface area (Å²) in [5.74, 6) is 1.35. The monoisotopic (exact) mass is 591 g/mol. The zero-order valence-corrected chi connectivity index (χ0v) is 25.5. The molecule has 44 heavy (non-hydrogen) atoms. The molecule has 0 atom stereocenters. The molecule has 4 heterocycles. The molecule has 0 saturated heterocycles. The Balaban J connectivity index is 1.44. The van der Waals surface area contributed by atoms with Crippen LogP contribution in [0.1, 0.15) is 12.0 Å². The lowest BCUT2D eigenvalue weighted by molar-refractivity contribution is -0.111. The van der Waals surface area contributed by atoms with Crippen LogP contribution in [0.5, 0.6) is 5.75 Å². The Morgan fingerprint density at radius 3 is 2.77 bits per heavy atom. The summed E-state index contributed by atoms with van der Waals surface area (Å²) in [4.78, 5) is 34.1. The van der Waals surface area contributed by atoms with E-state index >= 15 is 0 Å². The molecule has 3 N–H and O–H groups in total. The number of amides is 1. The molecule has 11 nitrogen and oxygen atoms in total. The van der Waals surface area contributed by atoms with E-state index in [9.17, 15) is 4.79 Å². The van der Waals surface area contributed by atoms with Crippen LogP contribution in [0.2, 0.25) is 0 Å². The third kappa shape index (κ3) is 5.61. The molecular formula is C33H37N9O2. The van der Waals surface area contributed by atoms with Crippen LogP contribution in [0.15, 0.2) is 67.8 Å². The zero-order valence-electron chi connectivity index (χ0n) is 25.5. The van der Waals surface area contributed by atoms with Crippen LogP contribution in [0.25, 0.3) is 33.5 Å². The number of ether oxygens (including phenoxy) is 1. The molecule has 0 unspecified atom stereocenters. The first kappa shape index (κ1) is 28.9. The molecular weight excluding hydrogens is 554 g/mol. The molecule has 2 aromatic carbocycles. The fourth-order valence-corrected chi connectivity index (χ4v) is 5.70. The highest BCUT2D eigenvalue weighted by Gasteiger charge is 2.22. The van der Waals surface area contributed by atoms with Gasteiger partial charge < -0.3 is 34.7 Å². The average molecular weight is 592 g/mol. The van der Waals surface area contributed by atoms with Crippen LogP contribution in [0, 0.1) is 0 Å². The number of aromatic amines is 1. The fourth-order valence-electron chi connectivity index (χ4n) is 5.70. The maximum absolute atomic E-state index is 12.4. The van der Waals surface area contributed by atoms with Crippen molar-refractivity contribution in [3.8, 4) is 28.4 Å². The quantitative estimate of drug-likeness (QED) is 0.177. The minimum absolute atomic E-state index is 0.308. The molecule has 5 aromatic rings. The Labute approximate surface area is 256 Å². The number of rotatable bonds is 11. The Hall–Kier alpha value is -5.16. The predicted molar refractivity (Wildman–Crippen MR) is 176 cm³/mol. The minimum Gasteiger partial charge on any atom is -0.494 e. The summed E-state index contributed by atoms with van der Waals surface area (Å²) in [5, 5.41) is 7.46. The van der Waals surface area contributed by atoms with Gasteiger partial charge in [-0.1, -0.05) is 24.8 Å². The van der Waals surface area contributed by atoms with Gasteiger partial charge >= 0.3 is 0 Å². The van der Waals surface area contributed by atoms with Gasteiger partial charge in [-0.25, -0.2) is 15.0 Å². The number of carbonyl (C=O) groups is 1. The molecule has 0 radical (unpaired) electrons. The standard InChI is InChI=1S/C33H37N9O2/c1-6-29(43)37-25-17-26(28(44-5)18-27(25)41(4)16-15-40(2)3)38-33-36-19-23(32-34-12-13-35-32)30(39-33)24-20-42-14-8-10-21-9-7-11-22(24)31(21)42/h6-7,9,11-13,17-20H,1,8,10,14-16H2,2-5H3,(H,34,35)(H,37,43)(H,36,38,39). The van der Waals surface area contributed by atoms with Gasteiger partial charge in [-0.05, 0) is 44.6 Å². The van der Waals surface area contributed by atoms with Gasteiger partial charge in [0.25, 0.3) is 0 Å². The lowest BCUT2D eigenvalue weighted by Gasteiger charge is -2.26. The van der Waals surface area contributed by atoms with E-state index in [-0.39, 0.29) is 5.91 Å². The highest BCUT2D eigenvalue weighted by Crippen LogP contribution is 2.40. The first-order valence-electron chi connectivity index (χ1n) is 14.6. The first-order valence-corrected chi connectivity index (χ1v) is 14.6. The number of methoxy groups -OCH3 is 1. The number of para-hydroxylation sites is 1. The number of hydrogen-bond donors (Lipinski definition) is 3.